The quantitative estimate of drug-likeness (QED) is 0.775. The van der Waals surface area contributed by atoms with Gasteiger partial charge in [-0.2, -0.15) is 0 Å². The third-order valence-corrected chi connectivity index (χ3v) is 3.09. The van der Waals surface area contributed by atoms with Crippen molar-refractivity contribution in [3.8, 4) is 0 Å². The summed E-state index contributed by atoms with van der Waals surface area (Å²) in [4.78, 5) is 4.36. The second kappa shape index (κ2) is 4.13. The van der Waals surface area contributed by atoms with E-state index in [1.807, 2.05) is 6.20 Å². The Hall–Kier alpha value is -0.830. The van der Waals surface area contributed by atoms with E-state index in [0.717, 1.165) is 13.0 Å². The Morgan fingerprint density at radius 2 is 2.43 bits per heavy atom. The average Bonchev–Trinajstić information content (AvgIpc) is 2.67. The van der Waals surface area contributed by atoms with Gasteiger partial charge in [-0.3, -0.25) is 0 Å². The highest BCUT2D eigenvalue weighted by Crippen LogP contribution is 2.20. The van der Waals surface area contributed by atoms with Crippen molar-refractivity contribution in [2.24, 2.45) is 0 Å². The number of nitrogens with one attached hydrogen (secondary N) is 1. The highest BCUT2D eigenvalue weighted by molar-refractivity contribution is 4.96. The minimum atomic E-state index is 0.614. The first-order valence-corrected chi connectivity index (χ1v) is 5.56. The van der Waals surface area contributed by atoms with Gasteiger partial charge in [0.25, 0.3) is 0 Å². The normalized spacial score (nSPS) is 27.9. The maximum atomic E-state index is 4.36. The van der Waals surface area contributed by atoms with Crippen LogP contribution in [-0.2, 0) is 6.42 Å². The number of rotatable bonds is 2. The first kappa shape index (κ1) is 9.71. The van der Waals surface area contributed by atoms with Crippen molar-refractivity contribution in [2.75, 3.05) is 6.54 Å². The molecule has 0 bridgehead atoms. The molecule has 1 N–H and O–H groups in total. The molecule has 1 aromatic heterocycles. The molecule has 0 aromatic carbocycles. The molecule has 0 radical (unpaired) electrons. The van der Waals surface area contributed by atoms with Crippen LogP contribution in [0.25, 0.3) is 0 Å². The molecule has 1 aliphatic rings. The zero-order chi connectivity index (χ0) is 9.97. The lowest BCUT2D eigenvalue weighted by atomic mass is 10.0. The molecule has 1 fully saturated rings. The summed E-state index contributed by atoms with van der Waals surface area (Å²) in [5, 5.41) is 3.52. The minimum absolute atomic E-state index is 0.614. The molecule has 0 saturated carbocycles. The van der Waals surface area contributed by atoms with Gasteiger partial charge in [-0.15, -0.1) is 0 Å². The molecular weight excluding hydrogens is 174 g/mol. The van der Waals surface area contributed by atoms with E-state index in [4.69, 9.17) is 0 Å². The van der Waals surface area contributed by atoms with E-state index in [-0.39, 0.29) is 0 Å². The SMILES string of the molecule is CCc1nccn1C1CCC(C)NC1. The second-order valence-corrected chi connectivity index (χ2v) is 4.14. The van der Waals surface area contributed by atoms with Gasteiger partial charge in [-0.05, 0) is 19.8 Å². The van der Waals surface area contributed by atoms with E-state index >= 15 is 0 Å². The maximum Gasteiger partial charge on any atom is 0.108 e. The van der Waals surface area contributed by atoms with Gasteiger partial charge < -0.3 is 9.88 Å². The zero-order valence-electron chi connectivity index (χ0n) is 9.03. The van der Waals surface area contributed by atoms with E-state index in [1.54, 1.807) is 0 Å². The molecule has 3 nitrogen and oxygen atoms in total. The van der Waals surface area contributed by atoms with E-state index in [0.29, 0.717) is 12.1 Å². The van der Waals surface area contributed by atoms with Gasteiger partial charge in [-0.25, -0.2) is 4.98 Å². The van der Waals surface area contributed by atoms with E-state index in [2.05, 4.69) is 34.9 Å². The van der Waals surface area contributed by atoms with Gasteiger partial charge in [-0.1, -0.05) is 6.92 Å². The fraction of sp³-hybridized carbons (Fsp3) is 0.727. The van der Waals surface area contributed by atoms with Gasteiger partial charge in [0.2, 0.25) is 0 Å². The van der Waals surface area contributed by atoms with Crippen LogP contribution in [0.1, 0.15) is 38.6 Å². The van der Waals surface area contributed by atoms with Crippen LogP contribution in [0.4, 0.5) is 0 Å². The Morgan fingerprint density at radius 1 is 1.57 bits per heavy atom. The summed E-state index contributed by atoms with van der Waals surface area (Å²) in [5.74, 6) is 1.21. The van der Waals surface area contributed by atoms with Gasteiger partial charge in [0.15, 0.2) is 0 Å². The van der Waals surface area contributed by atoms with Gasteiger partial charge >= 0.3 is 0 Å². The molecule has 2 heterocycles. The summed E-state index contributed by atoms with van der Waals surface area (Å²) in [6.45, 7) is 5.51. The van der Waals surface area contributed by atoms with Crippen molar-refractivity contribution >= 4 is 0 Å². The molecule has 2 rings (SSSR count). The van der Waals surface area contributed by atoms with Crippen LogP contribution >= 0.6 is 0 Å². The fourth-order valence-corrected chi connectivity index (χ4v) is 2.17. The van der Waals surface area contributed by atoms with Crippen LogP contribution in [0.2, 0.25) is 0 Å². The predicted molar refractivity (Wildman–Crippen MR) is 57.3 cm³/mol. The van der Waals surface area contributed by atoms with Crippen LogP contribution in [0, 0.1) is 0 Å². The van der Waals surface area contributed by atoms with Crippen molar-refractivity contribution in [1.82, 2.24) is 14.9 Å². The molecule has 1 aromatic rings. The molecule has 1 saturated heterocycles. The lowest BCUT2D eigenvalue weighted by molar-refractivity contribution is 0.316. The average molecular weight is 193 g/mol. The molecule has 78 valence electrons. The molecule has 3 heteroatoms. The number of hydrogen-bond acceptors (Lipinski definition) is 2. The van der Waals surface area contributed by atoms with Gasteiger partial charge in [0.1, 0.15) is 5.82 Å². The number of piperidine rings is 1. The highest BCUT2D eigenvalue weighted by atomic mass is 15.1. The van der Waals surface area contributed by atoms with Crippen molar-refractivity contribution in [2.45, 2.75) is 45.2 Å². The fourth-order valence-electron chi connectivity index (χ4n) is 2.17. The van der Waals surface area contributed by atoms with Crippen LogP contribution in [0.5, 0.6) is 0 Å². The monoisotopic (exact) mass is 193 g/mol. The first-order chi connectivity index (χ1) is 6.81. The highest BCUT2D eigenvalue weighted by Gasteiger charge is 2.19. The van der Waals surface area contributed by atoms with Crippen LogP contribution in [-0.4, -0.2) is 22.1 Å². The molecule has 2 atom stereocenters. The number of aromatic nitrogens is 2. The van der Waals surface area contributed by atoms with Crippen molar-refractivity contribution in [3.63, 3.8) is 0 Å². The summed E-state index contributed by atoms with van der Waals surface area (Å²) >= 11 is 0. The number of nitrogens with zero attached hydrogens (tertiary/aromatic N) is 2. The number of imidazole rings is 1. The molecule has 0 aliphatic carbocycles. The largest absolute Gasteiger partial charge is 0.331 e. The Morgan fingerprint density at radius 3 is 3.07 bits per heavy atom. The summed E-state index contributed by atoms with van der Waals surface area (Å²) in [7, 11) is 0. The Kier molecular flexibility index (Phi) is 2.87. The smallest absolute Gasteiger partial charge is 0.108 e. The van der Waals surface area contributed by atoms with Crippen molar-refractivity contribution in [1.29, 1.82) is 0 Å². The second-order valence-electron chi connectivity index (χ2n) is 4.14. The summed E-state index contributed by atoms with van der Waals surface area (Å²) < 4.78 is 2.33. The molecule has 1 aliphatic heterocycles. The van der Waals surface area contributed by atoms with Crippen LogP contribution in [0.15, 0.2) is 12.4 Å². The molecule has 0 amide bonds. The Labute approximate surface area is 85.5 Å². The summed E-state index contributed by atoms with van der Waals surface area (Å²) in [6, 6.07) is 1.29. The standard InChI is InChI=1S/C11H19N3/c1-3-11-12-6-7-14(11)10-5-4-9(2)13-8-10/h6-7,9-10,13H,3-5,8H2,1-2H3. The predicted octanol–water partition coefficient (Wildman–Crippen LogP) is 1.76. The lowest BCUT2D eigenvalue weighted by Gasteiger charge is -2.29. The van der Waals surface area contributed by atoms with E-state index < -0.39 is 0 Å². The summed E-state index contributed by atoms with van der Waals surface area (Å²) in [6.07, 6.45) is 7.60. The van der Waals surface area contributed by atoms with E-state index in [9.17, 15) is 0 Å². The number of hydrogen-bond donors (Lipinski definition) is 1. The third-order valence-electron chi connectivity index (χ3n) is 3.09. The zero-order valence-corrected chi connectivity index (χ0v) is 9.03. The van der Waals surface area contributed by atoms with E-state index in [1.165, 1.54) is 18.7 Å². The lowest BCUT2D eigenvalue weighted by Crippen LogP contribution is -2.38. The topological polar surface area (TPSA) is 29.9 Å². The Bertz CT molecular complexity index is 284. The Balaban J connectivity index is 2.08. The minimum Gasteiger partial charge on any atom is -0.331 e. The molecular formula is C11H19N3. The van der Waals surface area contributed by atoms with Crippen LogP contribution in [0.3, 0.4) is 0 Å². The third kappa shape index (κ3) is 1.82. The van der Waals surface area contributed by atoms with Crippen LogP contribution < -0.4 is 5.32 Å². The van der Waals surface area contributed by atoms with Gasteiger partial charge in [0.05, 0.1) is 0 Å². The first-order valence-electron chi connectivity index (χ1n) is 5.56. The molecule has 14 heavy (non-hydrogen) atoms. The van der Waals surface area contributed by atoms with Crippen molar-refractivity contribution in [3.05, 3.63) is 18.2 Å². The summed E-state index contributed by atoms with van der Waals surface area (Å²) in [5.41, 5.74) is 0. The molecule has 2 unspecified atom stereocenters. The van der Waals surface area contributed by atoms with Gasteiger partial charge in [0, 0.05) is 37.4 Å². The maximum absolute atomic E-state index is 4.36. The van der Waals surface area contributed by atoms with Crippen molar-refractivity contribution < 1.29 is 0 Å². The molecule has 0 spiro atoms. The number of aryl methyl sites for hydroxylation is 1.